The first kappa shape index (κ1) is 12.4. The van der Waals surface area contributed by atoms with Crippen molar-refractivity contribution in [1.29, 1.82) is 0 Å². The fraction of sp³-hybridized carbons (Fsp3) is 0.250. The normalized spacial score (nSPS) is 11.0. The minimum Gasteiger partial charge on any atom is -0.469 e. The lowest BCUT2D eigenvalue weighted by Gasteiger charge is -1.99. The van der Waals surface area contributed by atoms with Gasteiger partial charge in [-0.2, -0.15) is 0 Å². The number of alkyl halides is 2. The number of carbonyl (C=O) groups excluding carboxylic acids is 1. The molecule has 0 atom stereocenters. The first-order chi connectivity index (χ1) is 7.63. The van der Waals surface area contributed by atoms with Gasteiger partial charge in [-0.25, -0.2) is 8.78 Å². The lowest BCUT2D eigenvalue weighted by atomic mass is 10.1. The standard InChI is InChI=1S/C12H12F2O2/c1-16-11(15)4-2-3-9-5-7-10(8-6-9)12(13)14/h2-3,5-8,12H,4H2,1H3. The molecule has 4 heteroatoms. The first-order valence-electron chi connectivity index (χ1n) is 4.75. The van der Waals surface area contributed by atoms with Crippen LogP contribution < -0.4 is 0 Å². The van der Waals surface area contributed by atoms with E-state index in [0.717, 1.165) is 5.56 Å². The van der Waals surface area contributed by atoms with E-state index in [-0.39, 0.29) is 18.0 Å². The van der Waals surface area contributed by atoms with Crippen LogP contribution in [0, 0.1) is 0 Å². The zero-order valence-electron chi connectivity index (χ0n) is 8.82. The summed E-state index contributed by atoms with van der Waals surface area (Å²) in [5, 5.41) is 0. The van der Waals surface area contributed by atoms with Gasteiger partial charge in [0.2, 0.25) is 0 Å². The number of hydrogen-bond donors (Lipinski definition) is 0. The molecule has 0 aromatic heterocycles. The maximum atomic E-state index is 12.2. The molecule has 2 nitrogen and oxygen atoms in total. The molecule has 1 rings (SSSR count). The summed E-state index contributed by atoms with van der Waals surface area (Å²) in [6, 6.07) is 5.88. The van der Waals surface area contributed by atoms with E-state index in [1.807, 2.05) is 0 Å². The highest BCUT2D eigenvalue weighted by molar-refractivity contribution is 5.72. The summed E-state index contributed by atoms with van der Waals surface area (Å²) in [6.07, 6.45) is 1.04. The molecule has 1 aromatic rings. The predicted octanol–water partition coefficient (Wildman–Crippen LogP) is 3.20. The minimum absolute atomic E-state index is 0.00915. The molecule has 0 bridgehead atoms. The molecular weight excluding hydrogens is 214 g/mol. The van der Waals surface area contributed by atoms with Crippen molar-refractivity contribution in [3.63, 3.8) is 0 Å². The third-order valence-corrected chi connectivity index (χ3v) is 2.01. The molecule has 0 radical (unpaired) electrons. The van der Waals surface area contributed by atoms with E-state index in [2.05, 4.69) is 4.74 Å². The van der Waals surface area contributed by atoms with Crippen molar-refractivity contribution in [2.75, 3.05) is 7.11 Å². The highest BCUT2D eigenvalue weighted by Crippen LogP contribution is 2.19. The average molecular weight is 226 g/mol. The molecule has 0 saturated heterocycles. The van der Waals surface area contributed by atoms with E-state index >= 15 is 0 Å². The molecule has 0 aliphatic rings. The number of carbonyl (C=O) groups is 1. The van der Waals surface area contributed by atoms with E-state index in [1.54, 1.807) is 24.3 Å². The Hall–Kier alpha value is -1.71. The van der Waals surface area contributed by atoms with Gasteiger partial charge in [-0.05, 0) is 5.56 Å². The number of ether oxygens (including phenoxy) is 1. The van der Waals surface area contributed by atoms with Gasteiger partial charge in [-0.3, -0.25) is 4.79 Å². The van der Waals surface area contributed by atoms with E-state index in [9.17, 15) is 13.6 Å². The molecule has 16 heavy (non-hydrogen) atoms. The van der Waals surface area contributed by atoms with Crippen LogP contribution in [0.1, 0.15) is 24.0 Å². The fourth-order valence-corrected chi connectivity index (χ4v) is 1.13. The number of halogens is 2. The zero-order valence-corrected chi connectivity index (χ0v) is 8.82. The van der Waals surface area contributed by atoms with Gasteiger partial charge in [0.05, 0.1) is 13.5 Å². The summed E-state index contributed by atoms with van der Waals surface area (Å²) in [5.74, 6) is -0.333. The third-order valence-electron chi connectivity index (χ3n) is 2.01. The summed E-state index contributed by atoms with van der Waals surface area (Å²) in [6.45, 7) is 0. The molecule has 0 amide bonds. The van der Waals surface area contributed by atoms with Crippen molar-refractivity contribution < 1.29 is 18.3 Å². The van der Waals surface area contributed by atoms with Crippen LogP contribution in [-0.4, -0.2) is 13.1 Å². The van der Waals surface area contributed by atoms with Gasteiger partial charge in [-0.15, -0.1) is 0 Å². The highest BCUT2D eigenvalue weighted by Gasteiger charge is 2.04. The average Bonchev–Trinajstić information content (AvgIpc) is 2.29. The molecule has 0 unspecified atom stereocenters. The second kappa shape index (κ2) is 6.00. The first-order valence-corrected chi connectivity index (χ1v) is 4.75. The van der Waals surface area contributed by atoms with Crippen LogP contribution in [0.4, 0.5) is 8.78 Å². The van der Waals surface area contributed by atoms with Gasteiger partial charge in [0, 0.05) is 5.56 Å². The Labute approximate surface area is 92.5 Å². The van der Waals surface area contributed by atoms with Crippen LogP contribution in [0.2, 0.25) is 0 Å². The van der Waals surface area contributed by atoms with Crippen molar-refractivity contribution in [2.24, 2.45) is 0 Å². The van der Waals surface area contributed by atoms with Crippen LogP contribution >= 0.6 is 0 Å². The summed E-state index contributed by atoms with van der Waals surface area (Å²) in [4.78, 5) is 10.8. The molecule has 0 aliphatic heterocycles. The number of hydrogen-bond acceptors (Lipinski definition) is 2. The molecule has 86 valence electrons. The summed E-state index contributed by atoms with van der Waals surface area (Å²) < 4.78 is 28.9. The lowest BCUT2D eigenvalue weighted by Crippen LogP contribution is -1.96. The van der Waals surface area contributed by atoms with Gasteiger partial charge in [0.1, 0.15) is 0 Å². The number of benzene rings is 1. The monoisotopic (exact) mass is 226 g/mol. The number of methoxy groups -OCH3 is 1. The maximum absolute atomic E-state index is 12.2. The molecule has 1 aromatic carbocycles. The largest absolute Gasteiger partial charge is 0.469 e. The Kier molecular flexibility index (Phi) is 4.64. The van der Waals surface area contributed by atoms with Gasteiger partial charge >= 0.3 is 5.97 Å². The summed E-state index contributed by atoms with van der Waals surface area (Å²) in [7, 11) is 1.31. The second-order valence-corrected chi connectivity index (χ2v) is 3.15. The van der Waals surface area contributed by atoms with Crippen LogP contribution in [0.5, 0.6) is 0 Å². The SMILES string of the molecule is COC(=O)CC=Cc1ccc(C(F)F)cc1. The van der Waals surface area contributed by atoms with Crippen LogP contribution in [0.15, 0.2) is 30.3 Å². The van der Waals surface area contributed by atoms with Crippen LogP contribution in [0.3, 0.4) is 0 Å². The molecular formula is C12H12F2O2. The smallest absolute Gasteiger partial charge is 0.309 e. The van der Waals surface area contributed by atoms with Gasteiger partial charge in [0.15, 0.2) is 0 Å². The van der Waals surface area contributed by atoms with Crippen molar-refractivity contribution in [3.05, 3.63) is 41.5 Å². The summed E-state index contributed by atoms with van der Waals surface area (Å²) in [5.41, 5.74) is 0.762. The lowest BCUT2D eigenvalue weighted by molar-refractivity contribution is -0.139. The van der Waals surface area contributed by atoms with Gasteiger partial charge in [0.25, 0.3) is 6.43 Å². The highest BCUT2D eigenvalue weighted by atomic mass is 19.3. The van der Waals surface area contributed by atoms with E-state index in [1.165, 1.54) is 19.2 Å². The Balaban J connectivity index is 2.58. The molecule has 0 saturated carbocycles. The zero-order chi connectivity index (χ0) is 12.0. The summed E-state index contributed by atoms with van der Waals surface area (Å²) >= 11 is 0. The van der Waals surface area contributed by atoms with Crippen molar-refractivity contribution in [3.8, 4) is 0 Å². The van der Waals surface area contributed by atoms with Crippen LogP contribution in [0.25, 0.3) is 6.08 Å². The molecule has 0 aliphatic carbocycles. The molecule has 0 heterocycles. The Morgan fingerprint density at radius 2 is 2.00 bits per heavy atom. The van der Waals surface area contributed by atoms with Crippen molar-refractivity contribution >= 4 is 12.0 Å². The van der Waals surface area contributed by atoms with Crippen LogP contribution in [-0.2, 0) is 9.53 Å². The van der Waals surface area contributed by atoms with E-state index in [4.69, 9.17) is 0 Å². The fourth-order valence-electron chi connectivity index (χ4n) is 1.13. The number of rotatable bonds is 4. The van der Waals surface area contributed by atoms with Gasteiger partial charge < -0.3 is 4.74 Å². The molecule has 0 fully saturated rings. The predicted molar refractivity (Wildman–Crippen MR) is 57.1 cm³/mol. The quantitative estimate of drug-likeness (QED) is 0.737. The van der Waals surface area contributed by atoms with Crippen molar-refractivity contribution in [2.45, 2.75) is 12.8 Å². The Morgan fingerprint density at radius 1 is 1.38 bits per heavy atom. The minimum atomic E-state index is -2.45. The molecule has 0 N–H and O–H groups in total. The van der Waals surface area contributed by atoms with Gasteiger partial charge in [-0.1, -0.05) is 36.4 Å². The second-order valence-electron chi connectivity index (χ2n) is 3.15. The van der Waals surface area contributed by atoms with E-state index in [0.29, 0.717) is 0 Å². The Morgan fingerprint density at radius 3 is 2.50 bits per heavy atom. The topological polar surface area (TPSA) is 26.3 Å². The Bertz CT molecular complexity index is 369. The maximum Gasteiger partial charge on any atom is 0.309 e. The van der Waals surface area contributed by atoms with Crippen molar-refractivity contribution in [1.82, 2.24) is 0 Å². The van der Waals surface area contributed by atoms with E-state index < -0.39 is 6.43 Å². The molecule has 0 spiro atoms. The third kappa shape index (κ3) is 3.81. The number of esters is 1.